The molecule has 186 valence electrons. The number of unbranched alkanes of at least 4 members (excludes halogenated alkanes) is 15. The second-order valence-corrected chi connectivity index (χ2v) is 10.3. The van der Waals surface area contributed by atoms with Crippen LogP contribution in [0.15, 0.2) is 24.3 Å². The minimum absolute atomic E-state index is 0.544. The molecule has 0 unspecified atom stereocenters. The highest BCUT2D eigenvalue weighted by molar-refractivity contribution is 5.25. The van der Waals surface area contributed by atoms with Gasteiger partial charge in [0.15, 0.2) is 0 Å². The number of rotatable bonds is 19. The van der Waals surface area contributed by atoms with E-state index in [4.69, 9.17) is 0 Å². The first-order chi connectivity index (χ1) is 15.2. The summed E-state index contributed by atoms with van der Waals surface area (Å²) in [5.74, 6) is 0. The maximum atomic E-state index is 12.9. The molecule has 0 aliphatic carbocycles. The molecule has 0 atom stereocenters. The summed E-state index contributed by atoms with van der Waals surface area (Å²) < 4.78 is 39.5. The number of hydrogen-bond acceptors (Lipinski definition) is 0. The lowest BCUT2D eigenvalue weighted by atomic mass is 10.0. The summed E-state index contributed by atoms with van der Waals surface area (Å²) in [4.78, 5) is 0. The molecular weight excluding hydrogens is 407 g/mol. The molecule has 1 rings (SSSR count). The minimum Gasteiger partial charge on any atom is -0.325 e. The van der Waals surface area contributed by atoms with Crippen LogP contribution in [0.3, 0.4) is 0 Å². The van der Waals surface area contributed by atoms with Crippen LogP contribution in [0.4, 0.5) is 13.2 Å². The van der Waals surface area contributed by atoms with Gasteiger partial charge in [0, 0.05) is 5.56 Å². The third-order valence-electron chi connectivity index (χ3n) is 6.48. The van der Waals surface area contributed by atoms with Gasteiger partial charge in [-0.2, -0.15) is 13.2 Å². The monoisotopic (exact) mass is 456 g/mol. The number of hydrogen-bond donors (Lipinski definition) is 0. The fourth-order valence-corrected chi connectivity index (χ4v) is 4.51. The van der Waals surface area contributed by atoms with E-state index in [2.05, 4.69) is 21.0 Å². The van der Waals surface area contributed by atoms with Gasteiger partial charge in [-0.25, -0.2) is 0 Å². The van der Waals surface area contributed by atoms with E-state index in [-0.39, 0.29) is 0 Å². The molecule has 1 aromatic rings. The van der Waals surface area contributed by atoms with Crippen molar-refractivity contribution in [3.05, 3.63) is 35.4 Å². The molecule has 0 N–H and O–H groups in total. The molecule has 0 saturated heterocycles. The van der Waals surface area contributed by atoms with Crippen LogP contribution in [-0.4, -0.2) is 25.1 Å². The summed E-state index contributed by atoms with van der Waals surface area (Å²) in [5, 5.41) is 0. The molecule has 0 aromatic heterocycles. The van der Waals surface area contributed by atoms with Crippen molar-refractivity contribution in [1.82, 2.24) is 0 Å². The van der Waals surface area contributed by atoms with E-state index in [9.17, 15) is 13.2 Å². The third-order valence-corrected chi connectivity index (χ3v) is 6.48. The molecule has 0 bridgehead atoms. The second-order valence-electron chi connectivity index (χ2n) is 10.3. The van der Waals surface area contributed by atoms with Gasteiger partial charge in [-0.05, 0) is 25.0 Å². The molecule has 0 amide bonds. The molecular formula is C28H49F3N+. The number of alkyl halides is 3. The van der Waals surface area contributed by atoms with E-state index in [1.165, 1.54) is 108 Å². The first kappa shape index (κ1) is 29.0. The largest absolute Gasteiger partial charge is 0.416 e. The molecule has 0 fully saturated rings. The Balaban J connectivity index is 1.99. The highest BCUT2D eigenvalue weighted by Crippen LogP contribution is 2.30. The van der Waals surface area contributed by atoms with E-state index in [1.54, 1.807) is 0 Å². The zero-order valence-corrected chi connectivity index (χ0v) is 21.1. The fraction of sp³-hybridized carbons (Fsp3) is 0.786. The summed E-state index contributed by atoms with van der Waals surface area (Å²) in [6, 6.07) is 5.78. The zero-order chi connectivity index (χ0) is 23.7. The molecule has 0 spiro atoms. The average molecular weight is 457 g/mol. The van der Waals surface area contributed by atoms with Crippen molar-refractivity contribution in [2.75, 3.05) is 20.6 Å². The van der Waals surface area contributed by atoms with Crippen LogP contribution in [0.5, 0.6) is 0 Å². The van der Waals surface area contributed by atoms with Gasteiger partial charge in [0.25, 0.3) is 0 Å². The van der Waals surface area contributed by atoms with Crippen molar-refractivity contribution >= 4 is 0 Å². The molecule has 32 heavy (non-hydrogen) atoms. The third kappa shape index (κ3) is 14.9. The minimum atomic E-state index is -4.26. The van der Waals surface area contributed by atoms with E-state index in [0.717, 1.165) is 29.1 Å². The molecule has 4 heteroatoms. The van der Waals surface area contributed by atoms with Crippen molar-refractivity contribution in [2.45, 2.75) is 122 Å². The van der Waals surface area contributed by atoms with Gasteiger partial charge < -0.3 is 4.48 Å². The second kappa shape index (κ2) is 16.6. The molecule has 1 aromatic carbocycles. The predicted molar refractivity (Wildman–Crippen MR) is 132 cm³/mol. The molecule has 0 heterocycles. The predicted octanol–water partition coefficient (Wildman–Crippen LogP) is 9.54. The Labute approximate surface area is 196 Å². The van der Waals surface area contributed by atoms with Crippen molar-refractivity contribution in [3.63, 3.8) is 0 Å². The van der Waals surface area contributed by atoms with Gasteiger partial charge in [-0.3, -0.25) is 0 Å². The van der Waals surface area contributed by atoms with Crippen molar-refractivity contribution in [1.29, 1.82) is 0 Å². The van der Waals surface area contributed by atoms with Gasteiger partial charge in [0.05, 0.1) is 26.2 Å². The average Bonchev–Trinajstić information content (AvgIpc) is 2.72. The summed E-state index contributed by atoms with van der Waals surface area (Å²) >= 11 is 0. The van der Waals surface area contributed by atoms with E-state index < -0.39 is 11.7 Å². The molecule has 0 radical (unpaired) electrons. The Morgan fingerprint density at radius 3 is 1.53 bits per heavy atom. The number of halogens is 3. The maximum Gasteiger partial charge on any atom is 0.416 e. The molecule has 0 saturated carbocycles. The molecule has 0 aliphatic rings. The zero-order valence-electron chi connectivity index (χ0n) is 21.1. The normalized spacial score (nSPS) is 12.4. The standard InChI is InChI=1S/C28H49F3N/c1-4-5-6-7-8-9-10-11-12-13-14-15-16-17-18-19-23-32(2,3)25-26-21-20-22-27(24-26)28(29,30)31/h20-22,24H,4-19,23,25H2,1-3H3/q+1. The van der Waals surface area contributed by atoms with Gasteiger partial charge in [-0.15, -0.1) is 0 Å². The Hall–Kier alpha value is -1.03. The highest BCUT2D eigenvalue weighted by Gasteiger charge is 2.30. The first-order valence-corrected chi connectivity index (χ1v) is 13.2. The topological polar surface area (TPSA) is 0 Å². The summed E-state index contributed by atoms with van der Waals surface area (Å²) in [6.45, 7) is 3.92. The lowest BCUT2D eigenvalue weighted by Crippen LogP contribution is -2.39. The lowest BCUT2D eigenvalue weighted by molar-refractivity contribution is -0.903. The number of nitrogens with zero attached hydrogens (tertiary/aromatic N) is 1. The van der Waals surface area contributed by atoms with Crippen molar-refractivity contribution < 1.29 is 17.7 Å². The number of benzene rings is 1. The summed E-state index contributed by atoms with van der Waals surface area (Å²) in [7, 11) is 4.23. The number of quaternary nitrogens is 1. The van der Waals surface area contributed by atoms with E-state index in [1.807, 2.05) is 6.07 Å². The van der Waals surface area contributed by atoms with Crippen LogP contribution in [0, 0.1) is 0 Å². The summed E-state index contributed by atoms with van der Waals surface area (Å²) in [5.41, 5.74) is 0.221. The van der Waals surface area contributed by atoms with Gasteiger partial charge >= 0.3 is 6.18 Å². The Morgan fingerprint density at radius 2 is 1.09 bits per heavy atom. The smallest absolute Gasteiger partial charge is 0.325 e. The SMILES string of the molecule is CCCCCCCCCCCCCCCCCC[N+](C)(C)Cc1cccc(C(F)(F)F)c1. The van der Waals surface area contributed by atoms with Crippen LogP contribution in [0.1, 0.15) is 121 Å². The maximum absolute atomic E-state index is 12.9. The fourth-order valence-electron chi connectivity index (χ4n) is 4.51. The van der Waals surface area contributed by atoms with Gasteiger partial charge in [0.2, 0.25) is 0 Å². The van der Waals surface area contributed by atoms with Gasteiger partial charge in [0.1, 0.15) is 6.54 Å². The van der Waals surface area contributed by atoms with Crippen LogP contribution >= 0.6 is 0 Å². The van der Waals surface area contributed by atoms with E-state index in [0.29, 0.717) is 6.54 Å². The molecule has 0 aliphatic heterocycles. The van der Waals surface area contributed by atoms with Crippen molar-refractivity contribution in [3.8, 4) is 0 Å². The molecule has 1 nitrogen and oxygen atoms in total. The van der Waals surface area contributed by atoms with Crippen LogP contribution < -0.4 is 0 Å². The lowest BCUT2D eigenvalue weighted by Gasteiger charge is -2.30. The Bertz CT molecular complexity index is 580. The quantitative estimate of drug-likeness (QED) is 0.144. The van der Waals surface area contributed by atoms with Gasteiger partial charge in [-0.1, -0.05) is 109 Å². The van der Waals surface area contributed by atoms with Crippen LogP contribution in [-0.2, 0) is 12.7 Å². The van der Waals surface area contributed by atoms with Crippen molar-refractivity contribution in [2.24, 2.45) is 0 Å². The first-order valence-electron chi connectivity index (χ1n) is 13.2. The van der Waals surface area contributed by atoms with Crippen LogP contribution in [0.25, 0.3) is 0 Å². The highest BCUT2D eigenvalue weighted by atomic mass is 19.4. The van der Waals surface area contributed by atoms with E-state index >= 15 is 0 Å². The Morgan fingerprint density at radius 1 is 0.656 bits per heavy atom. The summed E-state index contributed by atoms with van der Waals surface area (Å²) in [6.07, 6.45) is 17.5. The van der Waals surface area contributed by atoms with Crippen LogP contribution in [0.2, 0.25) is 0 Å². The Kier molecular flexibility index (Phi) is 15.0.